The van der Waals surface area contributed by atoms with Crippen molar-refractivity contribution in [3.05, 3.63) is 65.8 Å². The van der Waals surface area contributed by atoms with Crippen molar-refractivity contribution in [2.45, 2.75) is 0 Å². The fourth-order valence-electron chi connectivity index (χ4n) is 1.91. The summed E-state index contributed by atoms with van der Waals surface area (Å²) in [6.45, 7) is 0. The molecular weight excluding hydrogens is 339 g/mol. The molecule has 1 aromatic heterocycles. The maximum atomic E-state index is 8.88. The number of para-hydroxylation sites is 1. The van der Waals surface area contributed by atoms with Gasteiger partial charge in [0.2, 0.25) is 0 Å². The van der Waals surface area contributed by atoms with Crippen LogP contribution in [0.2, 0.25) is 5.02 Å². The first-order valence-electron chi connectivity index (χ1n) is 6.47. The molecule has 0 aliphatic carbocycles. The van der Waals surface area contributed by atoms with E-state index in [1.165, 1.54) is 0 Å². The molecule has 2 aromatic carbocycles. The van der Waals surface area contributed by atoms with Crippen LogP contribution in [0.4, 0.5) is 11.4 Å². The van der Waals surface area contributed by atoms with Crippen LogP contribution in [0.3, 0.4) is 0 Å². The average molecular weight is 353 g/mol. The summed E-state index contributed by atoms with van der Waals surface area (Å²) in [4.78, 5) is 25.9. The number of halogens is 1. The second kappa shape index (κ2) is 7.55. The standard InChI is InChI=1S/C15H11ClN2.H3O4P/c16-11-6-7-13-14(8-9-17-15(13)10-11)18-12-4-2-1-3-5-12;1-5(2,3)4/h1-10H,(H,17,18);(H3,1,2,3,4). The Morgan fingerprint density at radius 3 is 2.30 bits per heavy atom. The lowest BCUT2D eigenvalue weighted by Crippen LogP contribution is -1.92. The number of rotatable bonds is 2. The zero-order valence-electron chi connectivity index (χ0n) is 11.8. The Morgan fingerprint density at radius 2 is 1.65 bits per heavy atom. The van der Waals surface area contributed by atoms with Crippen molar-refractivity contribution in [2.24, 2.45) is 0 Å². The monoisotopic (exact) mass is 352 g/mol. The topological polar surface area (TPSA) is 103 Å². The third kappa shape index (κ3) is 5.98. The Morgan fingerprint density at radius 1 is 1.00 bits per heavy atom. The molecule has 3 aromatic rings. The largest absolute Gasteiger partial charge is 0.466 e. The smallest absolute Gasteiger partial charge is 0.355 e. The molecule has 0 unspecified atom stereocenters. The predicted molar refractivity (Wildman–Crippen MR) is 90.7 cm³/mol. The van der Waals surface area contributed by atoms with Crippen LogP contribution in [0.1, 0.15) is 0 Å². The second-order valence-corrected chi connectivity index (χ2v) is 5.99. The fourth-order valence-corrected chi connectivity index (χ4v) is 2.07. The van der Waals surface area contributed by atoms with E-state index >= 15 is 0 Å². The summed E-state index contributed by atoms with van der Waals surface area (Å²) in [5, 5.41) is 5.14. The molecule has 0 saturated heterocycles. The lowest BCUT2D eigenvalue weighted by molar-refractivity contribution is 0.275. The molecule has 0 aliphatic heterocycles. The van der Waals surface area contributed by atoms with Crippen molar-refractivity contribution in [1.29, 1.82) is 0 Å². The van der Waals surface area contributed by atoms with E-state index in [1.807, 2.05) is 54.6 Å². The van der Waals surface area contributed by atoms with Gasteiger partial charge in [-0.3, -0.25) is 4.98 Å². The van der Waals surface area contributed by atoms with Gasteiger partial charge in [-0.2, -0.15) is 0 Å². The van der Waals surface area contributed by atoms with Crippen molar-refractivity contribution in [1.82, 2.24) is 4.98 Å². The molecule has 0 radical (unpaired) electrons. The zero-order chi connectivity index (χ0) is 16.9. The molecule has 0 aliphatic rings. The molecule has 0 amide bonds. The molecule has 0 atom stereocenters. The number of phosphoric acid groups is 1. The average Bonchev–Trinajstić information content (AvgIpc) is 2.46. The molecular formula is C15H14ClN2O4P. The minimum absolute atomic E-state index is 0.701. The van der Waals surface area contributed by atoms with Crippen LogP contribution < -0.4 is 5.32 Å². The molecule has 1 heterocycles. The first-order valence-corrected chi connectivity index (χ1v) is 8.42. The number of anilines is 2. The number of hydrogen-bond donors (Lipinski definition) is 4. The van der Waals surface area contributed by atoms with Gasteiger partial charge in [-0.15, -0.1) is 0 Å². The van der Waals surface area contributed by atoms with Crippen LogP contribution in [-0.4, -0.2) is 19.7 Å². The van der Waals surface area contributed by atoms with Crippen LogP contribution >= 0.6 is 19.4 Å². The number of pyridine rings is 1. The highest BCUT2D eigenvalue weighted by Crippen LogP contribution is 2.27. The zero-order valence-corrected chi connectivity index (χ0v) is 13.4. The first kappa shape index (κ1) is 17.4. The molecule has 23 heavy (non-hydrogen) atoms. The highest BCUT2D eigenvalue weighted by molar-refractivity contribution is 7.45. The summed E-state index contributed by atoms with van der Waals surface area (Å²) >= 11 is 5.97. The van der Waals surface area contributed by atoms with Crippen LogP contribution in [0.25, 0.3) is 10.9 Å². The molecule has 0 saturated carbocycles. The summed E-state index contributed by atoms with van der Waals surface area (Å²) in [5.41, 5.74) is 2.98. The van der Waals surface area contributed by atoms with Gasteiger partial charge in [0.15, 0.2) is 0 Å². The Kier molecular flexibility index (Phi) is 5.71. The van der Waals surface area contributed by atoms with Crippen molar-refractivity contribution in [3.63, 3.8) is 0 Å². The second-order valence-electron chi connectivity index (χ2n) is 4.52. The van der Waals surface area contributed by atoms with Crippen molar-refractivity contribution in [3.8, 4) is 0 Å². The summed E-state index contributed by atoms with van der Waals surface area (Å²) in [6.07, 6.45) is 1.78. The van der Waals surface area contributed by atoms with Crippen molar-refractivity contribution >= 4 is 41.7 Å². The van der Waals surface area contributed by atoms with Crippen LogP contribution in [0.5, 0.6) is 0 Å². The van der Waals surface area contributed by atoms with Gasteiger partial charge in [0.05, 0.1) is 5.52 Å². The van der Waals surface area contributed by atoms with Gasteiger partial charge in [0.1, 0.15) is 0 Å². The van der Waals surface area contributed by atoms with E-state index < -0.39 is 7.82 Å². The van der Waals surface area contributed by atoms with Gasteiger partial charge >= 0.3 is 7.82 Å². The van der Waals surface area contributed by atoms with E-state index in [-0.39, 0.29) is 0 Å². The molecule has 120 valence electrons. The minimum atomic E-state index is -4.64. The van der Waals surface area contributed by atoms with Crippen molar-refractivity contribution in [2.75, 3.05) is 5.32 Å². The minimum Gasteiger partial charge on any atom is -0.355 e. The third-order valence-electron chi connectivity index (χ3n) is 2.76. The molecule has 0 fully saturated rings. The number of nitrogens with zero attached hydrogens (tertiary/aromatic N) is 1. The van der Waals surface area contributed by atoms with Gasteiger partial charge in [-0.25, -0.2) is 4.57 Å². The van der Waals surface area contributed by atoms with E-state index in [9.17, 15) is 0 Å². The summed E-state index contributed by atoms with van der Waals surface area (Å²) in [7, 11) is -4.64. The first-order chi connectivity index (χ1) is 10.8. The van der Waals surface area contributed by atoms with Gasteiger partial charge in [0.25, 0.3) is 0 Å². The Balaban J connectivity index is 0.000000338. The number of nitrogens with one attached hydrogen (secondary N) is 1. The fraction of sp³-hybridized carbons (Fsp3) is 0. The van der Waals surface area contributed by atoms with Crippen LogP contribution in [0.15, 0.2) is 60.8 Å². The molecule has 0 spiro atoms. The van der Waals surface area contributed by atoms with E-state index in [2.05, 4.69) is 10.3 Å². The van der Waals surface area contributed by atoms with Crippen molar-refractivity contribution < 1.29 is 19.2 Å². The Labute approximate surface area is 137 Å². The van der Waals surface area contributed by atoms with E-state index in [1.54, 1.807) is 6.20 Å². The van der Waals surface area contributed by atoms with E-state index in [0.29, 0.717) is 5.02 Å². The Bertz CT molecular complexity index is 831. The molecule has 4 N–H and O–H groups in total. The molecule has 3 rings (SSSR count). The third-order valence-corrected chi connectivity index (χ3v) is 2.99. The Hall–Kier alpha value is -1.95. The van der Waals surface area contributed by atoms with E-state index in [0.717, 1.165) is 22.3 Å². The van der Waals surface area contributed by atoms with Gasteiger partial charge < -0.3 is 20.0 Å². The number of aromatic nitrogens is 1. The normalized spacial score (nSPS) is 10.8. The van der Waals surface area contributed by atoms with Crippen LogP contribution in [0, 0.1) is 0 Å². The lowest BCUT2D eigenvalue weighted by atomic mass is 10.2. The van der Waals surface area contributed by atoms with Gasteiger partial charge in [-0.05, 0) is 36.4 Å². The highest BCUT2D eigenvalue weighted by Gasteiger charge is 2.02. The molecule has 0 bridgehead atoms. The SMILES string of the molecule is Clc1ccc2c(Nc3ccccc3)ccnc2c1.O=P(O)(O)O. The highest BCUT2D eigenvalue weighted by atomic mass is 35.5. The van der Waals surface area contributed by atoms with Crippen LogP contribution in [-0.2, 0) is 4.57 Å². The van der Waals surface area contributed by atoms with Gasteiger partial charge in [0, 0.05) is 28.0 Å². The molecule has 8 heteroatoms. The maximum Gasteiger partial charge on any atom is 0.466 e. The lowest BCUT2D eigenvalue weighted by Gasteiger charge is -2.09. The predicted octanol–water partition coefficient (Wildman–Crippen LogP) is 3.70. The number of benzene rings is 2. The summed E-state index contributed by atoms with van der Waals surface area (Å²) in [5.74, 6) is 0. The quantitative estimate of drug-likeness (QED) is 0.524. The summed E-state index contributed by atoms with van der Waals surface area (Å²) in [6, 6.07) is 17.7. The molecule has 6 nitrogen and oxygen atoms in total. The maximum absolute atomic E-state index is 8.88. The number of hydrogen-bond acceptors (Lipinski definition) is 3. The number of fused-ring (bicyclic) bond motifs is 1. The van der Waals surface area contributed by atoms with E-state index in [4.69, 9.17) is 30.8 Å². The van der Waals surface area contributed by atoms with Gasteiger partial charge in [-0.1, -0.05) is 29.8 Å². The summed E-state index contributed by atoms with van der Waals surface area (Å²) < 4.78 is 8.88.